The molecule has 1 aromatic heterocycles. The zero-order chi connectivity index (χ0) is 14.3. The Morgan fingerprint density at radius 3 is 2.53 bits per heavy atom. The molecule has 0 aliphatic carbocycles. The number of aromatic nitrogens is 2. The zero-order valence-corrected chi connectivity index (χ0v) is 12.1. The molecular formula is C13H24N4O2. The summed E-state index contributed by atoms with van der Waals surface area (Å²) in [5.74, 6) is 7.36. The molecule has 0 radical (unpaired) electrons. The van der Waals surface area contributed by atoms with Gasteiger partial charge < -0.3 is 14.9 Å². The van der Waals surface area contributed by atoms with Gasteiger partial charge in [0.15, 0.2) is 5.82 Å². The lowest BCUT2D eigenvalue weighted by molar-refractivity contribution is 0.0802. The highest BCUT2D eigenvalue weighted by atomic mass is 16.5. The van der Waals surface area contributed by atoms with Crippen LogP contribution in [0.25, 0.3) is 0 Å². The van der Waals surface area contributed by atoms with Crippen LogP contribution in [-0.4, -0.2) is 29.8 Å². The minimum Gasteiger partial charge on any atom is -0.475 e. The van der Waals surface area contributed by atoms with Crippen LogP contribution in [0.2, 0.25) is 0 Å². The van der Waals surface area contributed by atoms with Crippen molar-refractivity contribution in [2.45, 2.75) is 33.6 Å². The summed E-state index contributed by atoms with van der Waals surface area (Å²) in [7, 11) is 0. The Balaban J connectivity index is 2.58. The Morgan fingerprint density at radius 1 is 1.21 bits per heavy atom. The zero-order valence-electron chi connectivity index (χ0n) is 12.1. The van der Waals surface area contributed by atoms with Gasteiger partial charge in [-0.3, -0.25) is 0 Å². The molecule has 6 heteroatoms. The minimum atomic E-state index is 0.221. The molecule has 1 heterocycles. The summed E-state index contributed by atoms with van der Waals surface area (Å²) in [4.78, 5) is 8.25. The number of nitrogens with zero attached hydrogens (tertiary/aromatic N) is 2. The molecule has 19 heavy (non-hydrogen) atoms. The average Bonchev–Trinajstić information content (AvgIpc) is 2.37. The molecular weight excluding hydrogens is 244 g/mol. The lowest BCUT2D eigenvalue weighted by atomic mass is 10.1. The summed E-state index contributed by atoms with van der Waals surface area (Å²) in [6.45, 7) is 10.1. The molecule has 1 aromatic rings. The summed E-state index contributed by atoms with van der Waals surface area (Å²) in [5, 5.41) is 0. The highest BCUT2D eigenvalue weighted by molar-refractivity contribution is 5.49. The molecule has 0 atom stereocenters. The maximum Gasteiger partial charge on any atom is 0.222 e. The van der Waals surface area contributed by atoms with Crippen LogP contribution in [0.1, 0.15) is 39.2 Å². The van der Waals surface area contributed by atoms with E-state index in [1.165, 1.54) is 6.33 Å². The molecule has 0 saturated carbocycles. The molecule has 1 rings (SSSR count). The number of rotatable bonds is 8. The fourth-order valence-electron chi connectivity index (χ4n) is 1.65. The predicted octanol–water partition coefficient (Wildman–Crippen LogP) is 1.94. The topological polar surface area (TPSA) is 82.3 Å². The van der Waals surface area contributed by atoms with E-state index in [-0.39, 0.29) is 5.92 Å². The Hall–Kier alpha value is -1.40. The van der Waals surface area contributed by atoms with Crippen LogP contribution in [0.5, 0.6) is 5.88 Å². The van der Waals surface area contributed by atoms with Crippen molar-refractivity contribution in [3.63, 3.8) is 0 Å². The second-order valence-corrected chi connectivity index (χ2v) is 5.06. The third kappa shape index (κ3) is 5.00. The van der Waals surface area contributed by atoms with Gasteiger partial charge in [0.2, 0.25) is 5.88 Å². The highest BCUT2D eigenvalue weighted by Gasteiger charge is 2.15. The van der Waals surface area contributed by atoms with Crippen molar-refractivity contribution in [2.75, 3.05) is 25.2 Å². The minimum absolute atomic E-state index is 0.221. The SMILES string of the molecule is CC(C)COCCOc1ncnc(NN)c1C(C)C. The number of nitrogen functional groups attached to an aromatic ring is 1. The van der Waals surface area contributed by atoms with Crippen LogP contribution in [-0.2, 0) is 4.74 Å². The van der Waals surface area contributed by atoms with E-state index in [1.807, 2.05) is 13.8 Å². The van der Waals surface area contributed by atoms with E-state index in [4.69, 9.17) is 15.3 Å². The number of nitrogens with one attached hydrogen (secondary N) is 1. The van der Waals surface area contributed by atoms with Gasteiger partial charge in [-0.2, -0.15) is 0 Å². The lowest BCUT2D eigenvalue weighted by Gasteiger charge is -2.15. The Labute approximate surface area is 114 Å². The normalized spacial score (nSPS) is 11.1. The van der Waals surface area contributed by atoms with E-state index >= 15 is 0 Å². The molecule has 108 valence electrons. The monoisotopic (exact) mass is 268 g/mol. The van der Waals surface area contributed by atoms with E-state index < -0.39 is 0 Å². The fourth-order valence-corrected chi connectivity index (χ4v) is 1.65. The van der Waals surface area contributed by atoms with Gasteiger partial charge in [0.25, 0.3) is 0 Å². The van der Waals surface area contributed by atoms with Crippen LogP contribution in [0.4, 0.5) is 5.82 Å². The van der Waals surface area contributed by atoms with E-state index in [1.54, 1.807) is 0 Å². The standard InChI is InChI=1S/C13H24N4O2/c1-9(2)7-18-5-6-19-13-11(10(3)4)12(17-14)15-8-16-13/h8-10H,5-7,14H2,1-4H3,(H,15,16,17). The fraction of sp³-hybridized carbons (Fsp3) is 0.692. The van der Waals surface area contributed by atoms with Gasteiger partial charge in [-0.1, -0.05) is 27.7 Å². The number of hydrazine groups is 1. The van der Waals surface area contributed by atoms with Crippen LogP contribution >= 0.6 is 0 Å². The van der Waals surface area contributed by atoms with Gasteiger partial charge in [-0.15, -0.1) is 0 Å². The summed E-state index contributed by atoms with van der Waals surface area (Å²) < 4.78 is 11.1. The summed E-state index contributed by atoms with van der Waals surface area (Å²) in [6, 6.07) is 0. The van der Waals surface area contributed by atoms with Gasteiger partial charge in [-0.25, -0.2) is 15.8 Å². The maximum absolute atomic E-state index is 5.65. The van der Waals surface area contributed by atoms with Gasteiger partial charge in [-0.05, 0) is 11.8 Å². The van der Waals surface area contributed by atoms with E-state index in [0.29, 0.717) is 30.8 Å². The van der Waals surface area contributed by atoms with E-state index in [0.717, 1.165) is 12.2 Å². The quantitative estimate of drug-likeness (QED) is 0.426. The first-order valence-electron chi connectivity index (χ1n) is 6.58. The first-order chi connectivity index (χ1) is 9.06. The largest absolute Gasteiger partial charge is 0.475 e. The number of hydrogen-bond donors (Lipinski definition) is 2. The molecule has 0 fully saturated rings. The third-order valence-corrected chi connectivity index (χ3v) is 2.48. The lowest BCUT2D eigenvalue weighted by Crippen LogP contribution is -2.15. The first kappa shape index (κ1) is 15.7. The number of hydrogen-bond acceptors (Lipinski definition) is 6. The van der Waals surface area contributed by atoms with Gasteiger partial charge in [0, 0.05) is 6.61 Å². The Morgan fingerprint density at radius 2 is 1.95 bits per heavy atom. The first-order valence-corrected chi connectivity index (χ1v) is 6.58. The van der Waals surface area contributed by atoms with Crippen LogP contribution in [0.15, 0.2) is 6.33 Å². The van der Waals surface area contributed by atoms with Crippen LogP contribution in [0.3, 0.4) is 0 Å². The second-order valence-electron chi connectivity index (χ2n) is 5.06. The number of ether oxygens (including phenoxy) is 2. The van der Waals surface area contributed by atoms with Crippen molar-refractivity contribution < 1.29 is 9.47 Å². The average molecular weight is 268 g/mol. The molecule has 0 bridgehead atoms. The maximum atomic E-state index is 5.65. The Kier molecular flexibility index (Phi) is 6.52. The van der Waals surface area contributed by atoms with Crippen molar-refractivity contribution >= 4 is 5.82 Å². The molecule has 0 aliphatic heterocycles. The molecule has 0 unspecified atom stereocenters. The molecule has 3 N–H and O–H groups in total. The van der Waals surface area contributed by atoms with Crippen LogP contribution in [0, 0.1) is 5.92 Å². The van der Waals surface area contributed by atoms with E-state index in [2.05, 4.69) is 29.2 Å². The van der Waals surface area contributed by atoms with Crippen LogP contribution < -0.4 is 16.0 Å². The summed E-state index contributed by atoms with van der Waals surface area (Å²) in [5.41, 5.74) is 3.45. The van der Waals surface area contributed by atoms with Crippen molar-refractivity contribution in [1.82, 2.24) is 9.97 Å². The van der Waals surface area contributed by atoms with Gasteiger partial charge in [0.1, 0.15) is 12.9 Å². The van der Waals surface area contributed by atoms with Crippen molar-refractivity contribution in [1.29, 1.82) is 0 Å². The summed E-state index contributed by atoms with van der Waals surface area (Å²) in [6.07, 6.45) is 1.44. The molecule has 0 aromatic carbocycles. The number of nitrogens with two attached hydrogens (primary N) is 1. The smallest absolute Gasteiger partial charge is 0.222 e. The molecule has 0 spiro atoms. The molecule has 0 saturated heterocycles. The second kappa shape index (κ2) is 7.91. The van der Waals surface area contributed by atoms with Crippen molar-refractivity contribution in [2.24, 2.45) is 11.8 Å². The van der Waals surface area contributed by atoms with E-state index in [9.17, 15) is 0 Å². The number of anilines is 1. The molecule has 6 nitrogen and oxygen atoms in total. The van der Waals surface area contributed by atoms with Gasteiger partial charge in [0.05, 0.1) is 12.2 Å². The summed E-state index contributed by atoms with van der Waals surface area (Å²) >= 11 is 0. The third-order valence-electron chi connectivity index (χ3n) is 2.48. The predicted molar refractivity (Wildman–Crippen MR) is 75.1 cm³/mol. The highest BCUT2D eigenvalue weighted by Crippen LogP contribution is 2.29. The van der Waals surface area contributed by atoms with Crippen molar-refractivity contribution in [3.05, 3.63) is 11.9 Å². The molecule has 0 aliphatic rings. The Bertz CT molecular complexity index is 383. The molecule has 0 amide bonds. The van der Waals surface area contributed by atoms with Crippen molar-refractivity contribution in [3.8, 4) is 5.88 Å². The van der Waals surface area contributed by atoms with Gasteiger partial charge >= 0.3 is 0 Å².